The Balaban J connectivity index is 2.04. The molecule has 0 fully saturated rings. The predicted molar refractivity (Wildman–Crippen MR) is 175 cm³/mol. The summed E-state index contributed by atoms with van der Waals surface area (Å²) in [4.78, 5) is 73.8. The van der Waals surface area contributed by atoms with Crippen molar-refractivity contribution in [3.63, 3.8) is 0 Å². The average molecular weight is 655 g/mol. The molecule has 0 saturated heterocycles. The summed E-state index contributed by atoms with van der Waals surface area (Å²) < 4.78 is 9.76. The van der Waals surface area contributed by atoms with E-state index in [1.54, 1.807) is 57.2 Å². The molecule has 0 aliphatic heterocycles. The molecule has 0 spiro atoms. The molecule has 15 heteroatoms. The van der Waals surface area contributed by atoms with Crippen LogP contribution in [-0.2, 0) is 29.3 Å². The molecule has 1 atom stereocenters. The number of nitrogens with one attached hydrogen (secondary N) is 5. The van der Waals surface area contributed by atoms with Crippen molar-refractivity contribution in [3.05, 3.63) is 59.2 Å². The molecule has 47 heavy (non-hydrogen) atoms. The van der Waals surface area contributed by atoms with E-state index >= 15 is 0 Å². The van der Waals surface area contributed by atoms with Crippen molar-refractivity contribution in [1.29, 1.82) is 0 Å². The minimum Gasteiger partial charge on any atom is -0.481 e. The first-order chi connectivity index (χ1) is 21.9. The number of ether oxygens (including phenoxy) is 2. The highest BCUT2D eigenvalue weighted by atomic mass is 16.6. The summed E-state index contributed by atoms with van der Waals surface area (Å²) in [7, 11) is 1.25. The van der Waals surface area contributed by atoms with E-state index in [-0.39, 0.29) is 12.1 Å². The van der Waals surface area contributed by atoms with Crippen LogP contribution in [0.1, 0.15) is 69.4 Å². The molecule has 0 bridgehead atoms. The van der Waals surface area contributed by atoms with Gasteiger partial charge in [-0.1, -0.05) is 45.0 Å². The van der Waals surface area contributed by atoms with Crippen LogP contribution in [0, 0.1) is 0 Å². The van der Waals surface area contributed by atoms with Crippen molar-refractivity contribution in [2.45, 2.75) is 65.0 Å². The SMILES string of the molecule is COC(=O)CNc1cccc(C(=O)[C@H](CC(=O)O)NC(=O)CNC(=O)Nc2ccc(C=NNC(=O)OC(C)(C)C)cc2)c1C(C)(C)C. The number of urea groups is 1. The third-order valence-electron chi connectivity index (χ3n) is 6.11. The van der Waals surface area contributed by atoms with Crippen molar-refractivity contribution in [2.75, 3.05) is 30.8 Å². The van der Waals surface area contributed by atoms with Crippen LogP contribution >= 0.6 is 0 Å². The second-order valence-corrected chi connectivity index (χ2v) is 12.3. The molecule has 2 rings (SSSR count). The van der Waals surface area contributed by atoms with Crippen LogP contribution in [0.25, 0.3) is 0 Å². The highest BCUT2D eigenvalue weighted by Crippen LogP contribution is 2.34. The number of benzene rings is 2. The van der Waals surface area contributed by atoms with Gasteiger partial charge in [0.25, 0.3) is 0 Å². The van der Waals surface area contributed by atoms with E-state index in [1.165, 1.54) is 19.4 Å². The normalized spacial score (nSPS) is 12.0. The van der Waals surface area contributed by atoms with Crippen LogP contribution < -0.4 is 26.7 Å². The number of nitrogens with zero attached hydrogens (tertiary/aromatic N) is 1. The van der Waals surface area contributed by atoms with Gasteiger partial charge in [-0.3, -0.25) is 19.2 Å². The van der Waals surface area contributed by atoms with Crippen LogP contribution in [0.2, 0.25) is 0 Å². The van der Waals surface area contributed by atoms with Crippen molar-refractivity contribution in [3.8, 4) is 0 Å². The Bertz CT molecular complexity index is 1490. The van der Waals surface area contributed by atoms with Gasteiger partial charge in [0, 0.05) is 16.9 Å². The summed E-state index contributed by atoms with van der Waals surface area (Å²) in [6, 6.07) is 8.98. The maximum Gasteiger partial charge on any atom is 0.428 e. The molecule has 2 aromatic rings. The first-order valence-electron chi connectivity index (χ1n) is 14.6. The Labute approximate surface area is 272 Å². The fourth-order valence-corrected chi connectivity index (χ4v) is 4.22. The third kappa shape index (κ3) is 13.2. The Kier molecular flexibility index (Phi) is 13.4. The van der Waals surface area contributed by atoms with Crippen LogP contribution in [0.4, 0.5) is 21.0 Å². The van der Waals surface area contributed by atoms with E-state index in [0.717, 1.165) is 0 Å². The number of carboxylic acid groups (broad SMARTS) is 1. The van der Waals surface area contributed by atoms with E-state index in [9.17, 15) is 33.9 Å². The van der Waals surface area contributed by atoms with E-state index < -0.39 is 65.8 Å². The first-order valence-corrected chi connectivity index (χ1v) is 14.6. The van der Waals surface area contributed by atoms with Gasteiger partial charge in [-0.25, -0.2) is 15.0 Å². The van der Waals surface area contributed by atoms with Gasteiger partial charge in [-0.05, 0) is 55.5 Å². The van der Waals surface area contributed by atoms with E-state index in [2.05, 4.69) is 36.5 Å². The van der Waals surface area contributed by atoms with Crippen LogP contribution in [0.5, 0.6) is 0 Å². The molecule has 0 aliphatic carbocycles. The summed E-state index contributed by atoms with van der Waals surface area (Å²) in [5, 5.41) is 23.6. The Morgan fingerprint density at radius 3 is 2.17 bits per heavy atom. The zero-order chi connectivity index (χ0) is 35.4. The lowest BCUT2D eigenvalue weighted by atomic mass is 9.80. The molecule has 0 heterocycles. The quantitative estimate of drug-likeness (QED) is 0.0801. The van der Waals surface area contributed by atoms with Gasteiger partial charge >= 0.3 is 24.1 Å². The molecule has 0 radical (unpaired) electrons. The zero-order valence-corrected chi connectivity index (χ0v) is 27.5. The number of rotatable bonds is 13. The summed E-state index contributed by atoms with van der Waals surface area (Å²) in [6.07, 6.45) is -0.0321. The minimum atomic E-state index is -1.44. The summed E-state index contributed by atoms with van der Waals surface area (Å²) >= 11 is 0. The van der Waals surface area contributed by atoms with Crippen LogP contribution in [-0.4, -0.2) is 78.9 Å². The fraction of sp³-hybridized carbons (Fsp3) is 0.406. The number of hydrogen-bond donors (Lipinski definition) is 6. The molecule has 0 saturated carbocycles. The number of carboxylic acids is 1. The smallest absolute Gasteiger partial charge is 0.428 e. The lowest BCUT2D eigenvalue weighted by molar-refractivity contribution is -0.139. The topological polar surface area (TPSA) is 214 Å². The number of carbonyl (C=O) groups is 6. The Hall–Kier alpha value is -5.47. The molecule has 4 amide bonds. The number of Topliss-reactive ketones (excluding diaryl/α,β-unsaturated/α-hetero) is 1. The van der Waals surface area contributed by atoms with Crippen LogP contribution in [0.3, 0.4) is 0 Å². The number of anilines is 2. The number of hydrazone groups is 1. The maximum atomic E-state index is 13.7. The van der Waals surface area contributed by atoms with Gasteiger partial charge in [-0.2, -0.15) is 5.10 Å². The molecular formula is C32H42N6O9. The first kappa shape index (κ1) is 37.7. The van der Waals surface area contributed by atoms with Crippen LogP contribution in [0.15, 0.2) is 47.6 Å². The summed E-state index contributed by atoms with van der Waals surface area (Å²) in [5.74, 6) is -3.28. The van der Waals surface area contributed by atoms with E-state index in [4.69, 9.17) is 4.74 Å². The summed E-state index contributed by atoms with van der Waals surface area (Å²) in [6.45, 7) is 10.0. The Morgan fingerprint density at radius 1 is 0.936 bits per heavy atom. The molecule has 254 valence electrons. The van der Waals surface area contributed by atoms with Crippen molar-refractivity contribution in [2.24, 2.45) is 5.10 Å². The molecule has 15 nitrogen and oxygen atoms in total. The standard InChI is InChI=1S/C32H42N6O9/c1-31(2,3)27-21(9-8-10-22(27)33-18-26(42)46-7)28(43)23(15-25(40)41)37-24(39)17-34-29(44)36-20-13-11-19(12-14-20)16-35-38-30(45)47-32(4,5)6/h8-14,16,23,33H,15,17-18H2,1-7H3,(H,37,39)(H,38,45)(H,40,41)(H2,34,36,44)/t23-/m0/s1. The van der Waals surface area contributed by atoms with Crippen molar-refractivity contribution in [1.82, 2.24) is 16.1 Å². The van der Waals surface area contributed by atoms with Crippen molar-refractivity contribution < 1.29 is 43.3 Å². The molecule has 0 aliphatic rings. The molecule has 0 unspecified atom stereocenters. The number of ketones is 1. The van der Waals surface area contributed by atoms with Gasteiger partial charge in [0.1, 0.15) is 18.2 Å². The van der Waals surface area contributed by atoms with Gasteiger partial charge < -0.3 is 35.8 Å². The predicted octanol–water partition coefficient (Wildman–Crippen LogP) is 3.39. The summed E-state index contributed by atoms with van der Waals surface area (Å²) in [5.41, 5.74) is 3.11. The zero-order valence-electron chi connectivity index (χ0n) is 27.5. The van der Waals surface area contributed by atoms with Gasteiger partial charge in [0.05, 0.1) is 26.3 Å². The number of carbonyl (C=O) groups excluding carboxylic acids is 5. The maximum absolute atomic E-state index is 13.7. The number of aliphatic carboxylic acids is 1. The average Bonchev–Trinajstić information content (AvgIpc) is 2.97. The largest absolute Gasteiger partial charge is 0.481 e. The fourth-order valence-electron chi connectivity index (χ4n) is 4.22. The lowest BCUT2D eigenvalue weighted by Crippen LogP contribution is -2.47. The molecule has 6 N–H and O–H groups in total. The minimum absolute atomic E-state index is 0.161. The van der Waals surface area contributed by atoms with E-state index in [0.29, 0.717) is 22.5 Å². The highest BCUT2D eigenvalue weighted by Gasteiger charge is 2.31. The Morgan fingerprint density at radius 2 is 1.60 bits per heavy atom. The second kappa shape index (κ2) is 16.7. The molecule has 2 aromatic carbocycles. The molecular weight excluding hydrogens is 612 g/mol. The number of esters is 1. The number of hydrogen-bond acceptors (Lipinski definition) is 10. The van der Waals surface area contributed by atoms with Gasteiger partial charge in [-0.15, -0.1) is 0 Å². The van der Waals surface area contributed by atoms with Gasteiger partial charge in [0.15, 0.2) is 5.78 Å². The third-order valence-corrected chi connectivity index (χ3v) is 6.11. The highest BCUT2D eigenvalue weighted by molar-refractivity contribution is 6.06. The number of methoxy groups -OCH3 is 1. The monoisotopic (exact) mass is 654 g/mol. The van der Waals surface area contributed by atoms with Crippen molar-refractivity contribution >= 4 is 53.3 Å². The lowest BCUT2D eigenvalue weighted by Gasteiger charge is -2.28. The van der Waals surface area contributed by atoms with E-state index in [1.807, 2.05) is 20.8 Å². The molecule has 0 aromatic heterocycles. The second-order valence-electron chi connectivity index (χ2n) is 12.3. The number of amides is 4. The van der Waals surface area contributed by atoms with Gasteiger partial charge in [0.2, 0.25) is 5.91 Å².